The van der Waals surface area contributed by atoms with E-state index in [0.29, 0.717) is 22.5 Å². The molecule has 1 aromatic heterocycles. The number of halogens is 1. The second-order valence-electron chi connectivity index (χ2n) is 5.90. The van der Waals surface area contributed by atoms with Crippen molar-refractivity contribution in [2.24, 2.45) is 0 Å². The van der Waals surface area contributed by atoms with E-state index in [1.54, 1.807) is 0 Å². The first-order valence-corrected chi connectivity index (χ1v) is 10.1. The van der Waals surface area contributed by atoms with Gasteiger partial charge in [-0.3, -0.25) is 0 Å². The van der Waals surface area contributed by atoms with Gasteiger partial charge in [-0.25, -0.2) is 0 Å². The highest BCUT2D eigenvalue weighted by Gasteiger charge is 2.27. The maximum atomic E-state index is 6.22. The Kier molecular flexibility index (Phi) is 4.05. The zero-order valence-corrected chi connectivity index (χ0v) is 16.5. The molecule has 0 unspecified atom stereocenters. The van der Waals surface area contributed by atoms with E-state index >= 15 is 0 Å². The molecule has 27 heavy (non-hydrogen) atoms. The molecule has 1 N–H and O–H groups in total. The maximum absolute atomic E-state index is 6.22. The summed E-state index contributed by atoms with van der Waals surface area (Å²) in [7, 11) is 0. The molecule has 5 rings (SSSR count). The van der Waals surface area contributed by atoms with Crippen molar-refractivity contribution >= 4 is 33.4 Å². The lowest BCUT2D eigenvalue weighted by molar-refractivity contribution is 0.173. The van der Waals surface area contributed by atoms with E-state index < -0.39 is 6.23 Å². The van der Waals surface area contributed by atoms with Crippen LogP contribution in [-0.4, -0.2) is 28.2 Å². The third-order valence-corrected chi connectivity index (χ3v) is 5.30. The Morgan fingerprint density at radius 1 is 1.11 bits per heavy atom. The van der Waals surface area contributed by atoms with Gasteiger partial charge in [0.2, 0.25) is 17.8 Å². The molecular formula is C18H13BrN4O3S. The lowest BCUT2D eigenvalue weighted by Gasteiger charge is -2.19. The van der Waals surface area contributed by atoms with E-state index in [0.717, 1.165) is 27.0 Å². The van der Waals surface area contributed by atoms with Gasteiger partial charge in [-0.15, -0.1) is 10.2 Å². The van der Waals surface area contributed by atoms with Gasteiger partial charge in [-0.2, -0.15) is 4.98 Å². The van der Waals surface area contributed by atoms with Crippen molar-refractivity contribution in [1.82, 2.24) is 15.2 Å². The summed E-state index contributed by atoms with van der Waals surface area (Å²) in [6.07, 6.45) is 1.44. The Morgan fingerprint density at radius 2 is 2.00 bits per heavy atom. The first-order valence-electron chi connectivity index (χ1n) is 8.12. The number of rotatable bonds is 2. The van der Waals surface area contributed by atoms with Crippen molar-refractivity contribution in [3.05, 3.63) is 46.4 Å². The Morgan fingerprint density at radius 3 is 2.89 bits per heavy atom. The first kappa shape index (κ1) is 16.6. The Labute approximate surface area is 167 Å². The minimum Gasteiger partial charge on any atom is -0.454 e. The average molecular weight is 445 g/mol. The molecule has 9 heteroatoms. The summed E-state index contributed by atoms with van der Waals surface area (Å²) < 4.78 is 18.1. The highest BCUT2D eigenvalue weighted by molar-refractivity contribution is 9.10. The van der Waals surface area contributed by atoms with Crippen LogP contribution in [0.1, 0.15) is 11.8 Å². The van der Waals surface area contributed by atoms with Crippen molar-refractivity contribution < 1.29 is 14.2 Å². The number of thioether (sulfide) groups is 1. The summed E-state index contributed by atoms with van der Waals surface area (Å²) in [6.45, 7) is 0.228. The topological polar surface area (TPSA) is 78.4 Å². The van der Waals surface area contributed by atoms with Crippen LogP contribution in [0, 0.1) is 0 Å². The standard InChI is InChI=1S/C18H13BrN4O3S/c1-27-18-21-17-15(22-23-18)11-7-10(19)3-4-12(11)20-16(26-17)9-2-5-13-14(6-9)25-8-24-13/h2-7,16,20H,8H2,1H3/t16-/m1/s1. The number of hydrogen-bond donors (Lipinski definition) is 1. The van der Waals surface area contributed by atoms with Gasteiger partial charge in [0.15, 0.2) is 23.4 Å². The van der Waals surface area contributed by atoms with Gasteiger partial charge in [0.1, 0.15) is 0 Å². The molecule has 2 aromatic carbocycles. The number of nitrogens with one attached hydrogen (secondary N) is 1. The molecule has 0 aliphatic carbocycles. The van der Waals surface area contributed by atoms with Crippen molar-refractivity contribution in [2.75, 3.05) is 18.4 Å². The van der Waals surface area contributed by atoms with E-state index in [-0.39, 0.29) is 6.79 Å². The summed E-state index contributed by atoms with van der Waals surface area (Å²) in [5, 5.41) is 12.5. The van der Waals surface area contributed by atoms with Crippen LogP contribution < -0.4 is 19.5 Å². The summed E-state index contributed by atoms with van der Waals surface area (Å²) >= 11 is 4.93. The van der Waals surface area contributed by atoms with E-state index in [4.69, 9.17) is 14.2 Å². The van der Waals surface area contributed by atoms with Crippen LogP contribution in [-0.2, 0) is 0 Å². The number of hydrogen-bond acceptors (Lipinski definition) is 8. The van der Waals surface area contributed by atoms with Crippen LogP contribution in [0.15, 0.2) is 46.0 Å². The maximum Gasteiger partial charge on any atom is 0.247 e. The van der Waals surface area contributed by atoms with E-state index in [1.807, 2.05) is 42.7 Å². The third-order valence-electron chi connectivity index (χ3n) is 4.27. The van der Waals surface area contributed by atoms with Crippen molar-refractivity contribution in [3.63, 3.8) is 0 Å². The molecule has 0 saturated heterocycles. The molecule has 0 radical (unpaired) electrons. The van der Waals surface area contributed by atoms with Crippen LogP contribution in [0.5, 0.6) is 17.4 Å². The number of fused-ring (bicyclic) bond motifs is 4. The fraction of sp³-hybridized carbons (Fsp3) is 0.167. The van der Waals surface area contributed by atoms with Crippen LogP contribution in [0.25, 0.3) is 11.3 Å². The monoisotopic (exact) mass is 444 g/mol. The number of aromatic nitrogens is 3. The highest BCUT2D eigenvalue weighted by atomic mass is 79.9. The van der Waals surface area contributed by atoms with Crippen LogP contribution in [0.2, 0.25) is 0 Å². The lowest BCUT2D eigenvalue weighted by atomic mass is 10.1. The fourth-order valence-electron chi connectivity index (χ4n) is 2.98. The zero-order chi connectivity index (χ0) is 18.4. The molecule has 0 amide bonds. The van der Waals surface area contributed by atoms with Crippen LogP contribution >= 0.6 is 27.7 Å². The van der Waals surface area contributed by atoms with E-state index in [2.05, 4.69) is 36.4 Å². The number of anilines is 1. The van der Waals surface area contributed by atoms with Gasteiger partial charge in [0.05, 0.1) is 0 Å². The highest BCUT2D eigenvalue weighted by Crippen LogP contribution is 2.42. The van der Waals surface area contributed by atoms with Crippen molar-refractivity contribution in [3.8, 4) is 28.6 Å². The minimum atomic E-state index is -0.466. The SMILES string of the molecule is CSc1nnc2c(n1)O[C@H](c1ccc3c(c1)OCO3)Nc1ccc(Br)cc1-2. The Hall–Kier alpha value is -2.52. The summed E-state index contributed by atoms with van der Waals surface area (Å²) in [4.78, 5) is 4.52. The quantitative estimate of drug-likeness (QED) is 0.587. The first-order chi connectivity index (χ1) is 13.2. The molecule has 2 aliphatic heterocycles. The molecule has 2 aliphatic rings. The number of ether oxygens (including phenoxy) is 3. The molecule has 0 spiro atoms. The predicted molar refractivity (Wildman–Crippen MR) is 104 cm³/mol. The number of benzene rings is 2. The molecule has 0 saturated carbocycles. The van der Waals surface area contributed by atoms with Gasteiger partial charge in [0, 0.05) is 21.3 Å². The summed E-state index contributed by atoms with van der Waals surface area (Å²) in [5.41, 5.74) is 3.24. The second kappa shape index (κ2) is 6.58. The molecule has 7 nitrogen and oxygen atoms in total. The normalized spacial score (nSPS) is 16.6. The smallest absolute Gasteiger partial charge is 0.247 e. The van der Waals surface area contributed by atoms with Crippen molar-refractivity contribution in [1.29, 1.82) is 0 Å². The molecule has 3 aromatic rings. The van der Waals surface area contributed by atoms with Gasteiger partial charge >= 0.3 is 0 Å². The average Bonchev–Trinajstić information content (AvgIpc) is 3.10. The van der Waals surface area contributed by atoms with Gasteiger partial charge in [-0.05, 0) is 42.7 Å². The van der Waals surface area contributed by atoms with Gasteiger partial charge in [-0.1, -0.05) is 27.7 Å². The fourth-order valence-corrected chi connectivity index (χ4v) is 3.64. The van der Waals surface area contributed by atoms with E-state index in [9.17, 15) is 0 Å². The summed E-state index contributed by atoms with van der Waals surface area (Å²) in [6, 6.07) is 11.6. The lowest BCUT2D eigenvalue weighted by Crippen LogP contribution is -2.17. The van der Waals surface area contributed by atoms with Crippen LogP contribution in [0.4, 0.5) is 5.69 Å². The van der Waals surface area contributed by atoms with Crippen LogP contribution in [0.3, 0.4) is 0 Å². The molecule has 136 valence electrons. The molecule has 0 bridgehead atoms. The minimum absolute atomic E-state index is 0.228. The second-order valence-corrected chi connectivity index (χ2v) is 7.59. The Balaban J connectivity index is 1.64. The molecule has 3 heterocycles. The largest absolute Gasteiger partial charge is 0.454 e. The molecular weight excluding hydrogens is 432 g/mol. The van der Waals surface area contributed by atoms with E-state index in [1.165, 1.54) is 11.8 Å². The van der Waals surface area contributed by atoms with Crippen molar-refractivity contribution in [2.45, 2.75) is 11.4 Å². The predicted octanol–water partition coefficient (Wildman–Crippen LogP) is 4.25. The van der Waals surface area contributed by atoms with Gasteiger partial charge < -0.3 is 19.5 Å². The zero-order valence-electron chi connectivity index (χ0n) is 14.1. The summed E-state index contributed by atoms with van der Waals surface area (Å²) in [5.74, 6) is 1.86. The Bertz CT molecular complexity index is 1050. The molecule has 0 fully saturated rings. The van der Waals surface area contributed by atoms with Gasteiger partial charge in [0.25, 0.3) is 0 Å². The number of nitrogens with zero attached hydrogens (tertiary/aromatic N) is 3. The molecule has 1 atom stereocenters. The third kappa shape index (κ3) is 2.96.